The van der Waals surface area contributed by atoms with Crippen molar-refractivity contribution in [2.45, 2.75) is 19.4 Å². The van der Waals surface area contributed by atoms with Crippen molar-refractivity contribution in [3.63, 3.8) is 0 Å². The van der Waals surface area contributed by atoms with E-state index in [1.807, 2.05) is 0 Å². The van der Waals surface area contributed by atoms with Crippen LogP contribution in [-0.2, 0) is 6.42 Å². The zero-order valence-electron chi connectivity index (χ0n) is 9.66. The molecule has 0 amide bonds. The number of nitrogens with one attached hydrogen (secondary N) is 1. The highest BCUT2D eigenvalue weighted by molar-refractivity contribution is 5.30. The SMILES string of the molecule is CCc1ccccc1C1CNCCN1C. The van der Waals surface area contributed by atoms with E-state index in [0.717, 1.165) is 26.1 Å². The molecule has 1 aromatic carbocycles. The van der Waals surface area contributed by atoms with Gasteiger partial charge in [0.05, 0.1) is 0 Å². The molecule has 0 aliphatic carbocycles. The van der Waals surface area contributed by atoms with Crippen LogP contribution < -0.4 is 5.32 Å². The topological polar surface area (TPSA) is 15.3 Å². The lowest BCUT2D eigenvalue weighted by Gasteiger charge is -2.34. The molecular weight excluding hydrogens is 184 g/mol. The van der Waals surface area contributed by atoms with E-state index >= 15 is 0 Å². The molecule has 1 N–H and O–H groups in total. The predicted molar refractivity (Wildman–Crippen MR) is 64.1 cm³/mol. The van der Waals surface area contributed by atoms with Crippen LogP contribution in [0.4, 0.5) is 0 Å². The summed E-state index contributed by atoms with van der Waals surface area (Å²) in [6.45, 7) is 5.56. The Morgan fingerprint density at radius 2 is 2.20 bits per heavy atom. The minimum Gasteiger partial charge on any atom is -0.314 e. The van der Waals surface area contributed by atoms with Crippen LogP contribution >= 0.6 is 0 Å². The number of benzene rings is 1. The van der Waals surface area contributed by atoms with Crippen LogP contribution in [0.3, 0.4) is 0 Å². The maximum atomic E-state index is 3.47. The molecule has 0 saturated carbocycles. The Morgan fingerprint density at radius 1 is 1.40 bits per heavy atom. The molecule has 1 aliphatic rings. The molecule has 0 radical (unpaired) electrons. The van der Waals surface area contributed by atoms with Crippen molar-refractivity contribution < 1.29 is 0 Å². The Balaban J connectivity index is 2.26. The van der Waals surface area contributed by atoms with Crippen molar-refractivity contribution in [1.82, 2.24) is 10.2 Å². The lowest BCUT2D eigenvalue weighted by Crippen LogP contribution is -2.44. The Kier molecular flexibility index (Phi) is 3.39. The summed E-state index contributed by atoms with van der Waals surface area (Å²) in [5, 5.41) is 3.47. The maximum Gasteiger partial charge on any atom is 0.0472 e. The molecule has 0 bridgehead atoms. The van der Waals surface area contributed by atoms with Crippen molar-refractivity contribution in [2.24, 2.45) is 0 Å². The monoisotopic (exact) mass is 204 g/mol. The Bertz CT molecular complexity index is 322. The molecule has 1 atom stereocenters. The van der Waals surface area contributed by atoms with E-state index in [0.29, 0.717) is 6.04 Å². The van der Waals surface area contributed by atoms with Crippen LogP contribution in [0, 0.1) is 0 Å². The predicted octanol–water partition coefficient (Wildman–Crippen LogP) is 1.83. The molecule has 0 spiro atoms. The summed E-state index contributed by atoms with van der Waals surface area (Å²) in [5.74, 6) is 0. The molecule has 1 heterocycles. The average Bonchev–Trinajstić information content (AvgIpc) is 2.30. The fourth-order valence-corrected chi connectivity index (χ4v) is 2.33. The third-order valence-electron chi connectivity index (χ3n) is 3.31. The van der Waals surface area contributed by atoms with Crippen molar-refractivity contribution in [2.75, 3.05) is 26.7 Å². The van der Waals surface area contributed by atoms with Crippen LogP contribution in [-0.4, -0.2) is 31.6 Å². The molecule has 82 valence electrons. The Hall–Kier alpha value is -0.860. The summed E-state index contributed by atoms with van der Waals surface area (Å²) in [4.78, 5) is 2.45. The second-order valence-electron chi connectivity index (χ2n) is 4.25. The molecule has 1 unspecified atom stereocenters. The van der Waals surface area contributed by atoms with Gasteiger partial charge >= 0.3 is 0 Å². The first-order chi connectivity index (χ1) is 7.33. The molecule has 2 nitrogen and oxygen atoms in total. The summed E-state index contributed by atoms with van der Waals surface area (Å²) >= 11 is 0. The number of aryl methyl sites for hydroxylation is 1. The average molecular weight is 204 g/mol. The molecule has 2 heteroatoms. The largest absolute Gasteiger partial charge is 0.314 e. The molecule has 1 fully saturated rings. The third-order valence-corrected chi connectivity index (χ3v) is 3.31. The van der Waals surface area contributed by atoms with Gasteiger partial charge in [-0.15, -0.1) is 0 Å². The summed E-state index contributed by atoms with van der Waals surface area (Å²) < 4.78 is 0. The van der Waals surface area contributed by atoms with Gasteiger partial charge in [0.2, 0.25) is 0 Å². The fraction of sp³-hybridized carbons (Fsp3) is 0.538. The second-order valence-corrected chi connectivity index (χ2v) is 4.25. The van der Waals surface area contributed by atoms with Crippen LogP contribution in [0.1, 0.15) is 24.1 Å². The fourth-order valence-electron chi connectivity index (χ4n) is 2.33. The zero-order chi connectivity index (χ0) is 10.7. The maximum absolute atomic E-state index is 3.47. The summed E-state index contributed by atoms with van der Waals surface area (Å²) in [7, 11) is 2.22. The minimum atomic E-state index is 0.551. The zero-order valence-corrected chi connectivity index (χ0v) is 9.66. The highest BCUT2D eigenvalue weighted by Crippen LogP contribution is 2.24. The van der Waals surface area contributed by atoms with Gasteiger partial charge in [0.1, 0.15) is 0 Å². The Morgan fingerprint density at radius 3 is 2.93 bits per heavy atom. The van der Waals surface area contributed by atoms with Gasteiger partial charge in [0, 0.05) is 25.7 Å². The molecule has 1 aliphatic heterocycles. The first kappa shape index (κ1) is 10.7. The third kappa shape index (κ3) is 2.21. The van der Waals surface area contributed by atoms with Crippen LogP contribution in [0.15, 0.2) is 24.3 Å². The van der Waals surface area contributed by atoms with Crippen molar-refractivity contribution in [1.29, 1.82) is 0 Å². The van der Waals surface area contributed by atoms with Crippen LogP contribution in [0.25, 0.3) is 0 Å². The van der Waals surface area contributed by atoms with Gasteiger partial charge in [-0.1, -0.05) is 31.2 Å². The lowest BCUT2D eigenvalue weighted by atomic mass is 9.96. The van der Waals surface area contributed by atoms with Crippen LogP contribution in [0.5, 0.6) is 0 Å². The first-order valence-corrected chi connectivity index (χ1v) is 5.81. The molecule has 1 aromatic rings. The van der Waals surface area contributed by atoms with E-state index in [4.69, 9.17) is 0 Å². The van der Waals surface area contributed by atoms with Gasteiger partial charge in [-0.2, -0.15) is 0 Å². The highest BCUT2D eigenvalue weighted by Gasteiger charge is 2.21. The van der Waals surface area contributed by atoms with E-state index in [1.165, 1.54) is 11.1 Å². The standard InChI is InChI=1S/C13H20N2/c1-3-11-6-4-5-7-12(11)13-10-14-8-9-15(13)2/h4-7,13-14H,3,8-10H2,1-2H3. The highest BCUT2D eigenvalue weighted by atomic mass is 15.2. The normalized spacial score (nSPS) is 22.9. The van der Waals surface area contributed by atoms with E-state index in [9.17, 15) is 0 Å². The molecule has 15 heavy (non-hydrogen) atoms. The summed E-state index contributed by atoms with van der Waals surface area (Å²) in [6, 6.07) is 9.36. The first-order valence-electron chi connectivity index (χ1n) is 5.81. The number of hydrogen-bond acceptors (Lipinski definition) is 2. The molecule has 2 rings (SSSR count). The molecule has 1 saturated heterocycles. The van der Waals surface area contributed by atoms with Crippen molar-refractivity contribution in [3.8, 4) is 0 Å². The van der Waals surface area contributed by atoms with Crippen LogP contribution in [0.2, 0.25) is 0 Å². The molecular formula is C13H20N2. The van der Waals surface area contributed by atoms with Gasteiger partial charge in [0.15, 0.2) is 0 Å². The number of hydrogen-bond donors (Lipinski definition) is 1. The number of piperazine rings is 1. The quantitative estimate of drug-likeness (QED) is 0.790. The van der Waals surface area contributed by atoms with Gasteiger partial charge < -0.3 is 5.32 Å². The van der Waals surface area contributed by atoms with E-state index in [2.05, 4.69) is 48.5 Å². The molecule has 0 aromatic heterocycles. The Labute approximate surface area is 92.3 Å². The number of rotatable bonds is 2. The van der Waals surface area contributed by atoms with Gasteiger partial charge in [-0.05, 0) is 24.6 Å². The number of nitrogens with zero attached hydrogens (tertiary/aromatic N) is 1. The van der Waals surface area contributed by atoms with Gasteiger partial charge in [-0.3, -0.25) is 4.90 Å². The minimum absolute atomic E-state index is 0.551. The van der Waals surface area contributed by atoms with Gasteiger partial charge in [-0.25, -0.2) is 0 Å². The van der Waals surface area contributed by atoms with E-state index < -0.39 is 0 Å². The van der Waals surface area contributed by atoms with E-state index in [-0.39, 0.29) is 0 Å². The van der Waals surface area contributed by atoms with Gasteiger partial charge in [0.25, 0.3) is 0 Å². The lowest BCUT2D eigenvalue weighted by molar-refractivity contribution is 0.201. The summed E-state index contributed by atoms with van der Waals surface area (Å²) in [6.07, 6.45) is 1.13. The van der Waals surface area contributed by atoms with Crippen molar-refractivity contribution in [3.05, 3.63) is 35.4 Å². The van der Waals surface area contributed by atoms with E-state index in [1.54, 1.807) is 0 Å². The number of likely N-dealkylation sites (N-methyl/N-ethyl adjacent to an activating group) is 1. The summed E-state index contributed by atoms with van der Waals surface area (Å²) in [5.41, 5.74) is 2.98. The van der Waals surface area contributed by atoms with Crippen molar-refractivity contribution >= 4 is 0 Å². The second kappa shape index (κ2) is 4.77. The smallest absolute Gasteiger partial charge is 0.0472 e.